The van der Waals surface area contributed by atoms with E-state index in [-0.39, 0.29) is 6.03 Å². The van der Waals surface area contributed by atoms with Crippen LogP contribution in [0.25, 0.3) is 0 Å². The molecule has 9 heteroatoms. The van der Waals surface area contributed by atoms with Crippen molar-refractivity contribution in [2.75, 3.05) is 38.2 Å². The molecule has 0 aromatic carbocycles. The second-order valence-corrected chi connectivity index (χ2v) is 5.86. The second-order valence-electron chi connectivity index (χ2n) is 5.86. The number of amides is 2. The molecule has 0 aliphatic carbocycles. The van der Waals surface area contributed by atoms with E-state index in [1.54, 1.807) is 0 Å². The minimum Gasteiger partial charge on any atom is -0.381 e. The smallest absolute Gasteiger partial charge is 0.381 e. The number of urea groups is 1. The van der Waals surface area contributed by atoms with Crippen LogP contribution >= 0.6 is 0 Å². The Kier molecular flexibility index (Phi) is 9.04. The number of nitrogens with one attached hydrogen (secondary N) is 3. The first-order chi connectivity index (χ1) is 11.8. The lowest BCUT2D eigenvalue weighted by Crippen LogP contribution is -2.38. The Morgan fingerprint density at radius 2 is 1.92 bits per heavy atom. The van der Waals surface area contributed by atoms with Crippen LogP contribution in [0.4, 0.5) is 23.8 Å². The summed E-state index contributed by atoms with van der Waals surface area (Å²) in [5, 5.41) is 8.16. The molecule has 142 valence electrons. The standard InChI is InChI=1S/C16H25F3N4O2/c1-12(2)11-25-9-3-6-21-15(24)22-8-7-20-14-5-4-13(10-23-14)16(17,18)19/h4-5,10,12H,3,6-9,11H2,1-2H3,(H,20,23)(H2,21,22,24). The molecule has 0 unspecified atom stereocenters. The molecule has 25 heavy (non-hydrogen) atoms. The van der Waals surface area contributed by atoms with Crippen LogP contribution < -0.4 is 16.0 Å². The zero-order chi connectivity index (χ0) is 18.7. The average molecular weight is 362 g/mol. The Balaban J connectivity index is 2.08. The highest BCUT2D eigenvalue weighted by atomic mass is 19.4. The molecule has 0 aliphatic rings. The zero-order valence-electron chi connectivity index (χ0n) is 14.4. The summed E-state index contributed by atoms with van der Waals surface area (Å²) in [6, 6.07) is 1.91. The number of anilines is 1. The maximum Gasteiger partial charge on any atom is 0.417 e. The van der Waals surface area contributed by atoms with E-state index in [4.69, 9.17) is 4.74 Å². The first-order valence-electron chi connectivity index (χ1n) is 8.15. The van der Waals surface area contributed by atoms with Crippen LogP contribution in [-0.4, -0.2) is 43.9 Å². The number of halogens is 3. The van der Waals surface area contributed by atoms with Crippen molar-refractivity contribution in [1.29, 1.82) is 0 Å². The van der Waals surface area contributed by atoms with Gasteiger partial charge in [-0.2, -0.15) is 13.2 Å². The predicted octanol–water partition coefficient (Wildman–Crippen LogP) is 2.87. The summed E-state index contributed by atoms with van der Waals surface area (Å²) < 4.78 is 42.6. The Morgan fingerprint density at radius 3 is 2.52 bits per heavy atom. The van der Waals surface area contributed by atoms with E-state index in [9.17, 15) is 18.0 Å². The van der Waals surface area contributed by atoms with Gasteiger partial charge in [0.25, 0.3) is 0 Å². The molecule has 1 aromatic rings. The summed E-state index contributed by atoms with van der Waals surface area (Å²) in [6.45, 7) is 6.62. The fourth-order valence-corrected chi connectivity index (χ4v) is 1.79. The lowest BCUT2D eigenvalue weighted by atomic mass is 10.2. The van der Waals surface area contributed by atoms with Gasteiger partial charge in [0.2, 0.25) is 0 Å². The van der Waals surface area contributed by atoms with E-state index in [0.717, 1.165) is 18.7 Å². The van der Waals surface area contributed by atoms with Crippen molar-refractivity contribution in [3.8, 4) is 0 Å². The fraction of sp³-hybridized carbons (Fsp3) is 0.625. The van der Waals surface area contributed by atoms with Gasteiger partial charge < -0.3 is 20.7 Å². The highest BCUT2D eigenvalue weighted by Gasteiger charge is 2.30. The van der Waals surface area contributed by atoms with Gasteiger partial charge in [-0.25, -0.2) is 9.78 Å². The van der Waals surface area contributed by atoms with E-state index >= 15 is 0 Å². The number of carbonyl (C=O) groups excluding carboxylic acids is 1. The molecule has 6 nitrogen and oxygen atoms in total. The van der Waals surface area contributed by atoms with Crippen LogP contribution in [0.15, 0.2) is 18.3 Å². The zero-order valence-corrected chi connectivity index (χ0v) is 14.4. The summed E-state index contributed by atoms with van der Waals surface area (Å²) in [5.74, 6) is 0.806. The van der Waals surface area contributed by atoms with Crippen LogP contribution in [0.1, 0.15) is 25.8 Å². The molecule has 1 rings (SSSR count). The molecule has 0 aliphatic heterocycles. The van der Waals surface area contributed by atoms with Crippen molar-refractivity contribution in [3.05, 3.63) is 23.9 Å². The molecule has 1 heterocycles. The molecule has 0 atom stereocenters. The molecule has 0 fully saturated rings. The number of hydrogen-bond donors (Lipinski definition) is 3. The third-order valence-electron chi connectivity index (χ3n) is 3.01. The van der Waals surface area contributed by atoms with Gasteiger partial charge in [-0.1, -0.05) is 13.8 Å². The van der Waals surface area contributed by atoms with Crippen molar-refractivity contribution in [2.45, 2.75) is 26.4 Å². The summed E-state index contributed by atoms with van der Waals surface area (Å²) in [4.78, 5) is 15.2. The highest BCUT2D eigenvalue weighted by Crippen LogP contribution is 2.28. The van der Waals surface area contributed by atoms with Crippen molar-refractivity contribution in [3.63, 3.8) is 0 Å². The molecular weight excluding hydrogens is 337 g/mol. The minimum absolute atomic E-state index is 0.300. The van der Waals surface area contributed by atoms with Gasteiger partial charge >= 0.3 is 12.2 Å². The first-order valence-corrected chi connectivity index (χ1v) is 8.15. The minimum atomic E-state index is -4.40. The number of nitrogens with zero attached hydrogens (tertiary/aromatic N) is 1. The van der Waals surface area contributed by atoms with E-state index in [1.807, 2.05) is 0 Å². The molecule has 0 bridgehead atoms. The van der Waals surface area contributed by atoms with Crippen LogP contribution in [0, 0.1) is 5.92 Å². The van der Waals surface area contributed by atoms with Gasteiger partial charge in [0.05, 0.1) is 5.56 Å². The van der Waals surface area contributed by atoms with Crippen LogP contribution in [-0.2, 0) is 10.9 Å². The van der Waals surface area contributed by atoms with Gasteiger partial charge in [0.15, 0.2) is 0 Å². The lowest BCUT2D eigenvalue weighted by molar-refractivity contribution is -0.137. The topological polar surface area (TPSA) is 75.3 Å². The van der Waals surface area contributed by atoms with E-state index in [0.29, 0.717) is 44.6 Å². The van der Waals surface area contributed by atoms with E-state index in [1.165, 1.54) is 6.07 Å². The number of hydrogen-bond acceptors (Lipinski definition) is 4. The molecule has 1 aromatic heterocycles. The van der Waals surface area contributed by atoms with Gasteiger partial charge in [0, 0.05) is 39.0 Å². The summed E-state index contributed by atoms with van der Waals surface area (Å²) in [7, 11) is 0. The van der Waals surface area contributed by atoms with Crippen LogP contribution in [0.3, 0.4) is 0 Å². The number of ether oxygens (including phenoxy) is 1. The van der Waals surface area contributed by atoms with Crippen molar-refractivity contribution >= 4 is 11.8 Å². The normalized spacial score (nSPS) is 11.4. The third kappa shape index (κ3) is 9.75. The van der Waals surface area contributed by atoms with Gasteiger partial charge in [0.1, 0.15) is 5.82 Å². The van der Waals surface area contributed by atoms with E-state index < -0.39 is 11.7 Å². The maximum atomic E-state index is 12.4. The third-order valence-corrected chi connectivity index (χ3v) is 3.01. The first kappa shape index (κ1) is 21.0. The van der Waals surface area contributed by atoms with Gasteiger partial charge in [-0.05, 0) is 24.5 Å². The average Bonchev–Trinajstić information content (AvgIpc) is 2.54. The molecule has 0 spiro atoms. The van der Waals surface area contributed by atoms with Crippen molar-refractivity contribution in [1.82, 2.24) is 15.6 Å². The summed E-state index contributed by atoms with van der Waals surface area (Å²) in [5.41, 5.74) is -0.798. The number of rotatable bonds is 10. The number of pyridine rings is 1. The van der Waals surface area contributed by atoms with Gasteiger partial charge in [-0.3, -0.25) is 0 Å². The molecule has 3 N–H and O–H groups in total. The summed E-state index contributed by atoms with van der Waals surface area (Å²) >= 11 is 0. The highest BCUT2D eigenvalue weighted by molar-refractivity contribution is 5.73. The molecular formula is C16H25F3N4O2. The van der Waals surface area contributed by atoms with Crippen LogP contribution in [0.2, 0.25) is 0 Å². The summed E-state index contributed by atoms with van der Waals surface area (Å²) in [6.07, 6.45) is -2.90. The Hall–Kier alpha value is -2.03. The molecule has 0 saturated heterocycles. The monoisotopic (exact) mass is 362 g/mol. The Labute approximate surface area is 145 Å². The van der Waals surface area contributed by atoms with E-state index in [2.05, 4.69) is 34.8 Å². The Morgan fingerprint density at radius 1 is 1.20 bits per heavy atom. The fourth-order valence-electron chi connectivity index (χ4n) is 1.79. The predicted molar refractivity (Wildman–Crippen MR) is 89.4 cm³/mol. The lowest BCUT2D eigenvalue weighted by Gasteiger charge is -2.10. The quantitative estimate of drug-likeness (QED) is 0.560. The SMILES string of the molecule is CC(C)COCCCNC(=O)NCCNc1ccc(C(F)(F)F)cn1. The van der Waals surface area contributed by atoms with Crippen LogP contribution in [0.5, 0.6) is 0 Å². The molecule has 0 radical (unpaired) electrons. The van der Waals surface area contributed by atoms with Crippen molar-refractivity contribution < 1.29 is 22.7 Å². The molecule has 0 saturated carbocycles. The maximum absolute atomic E-state index is 12.4. The van der Waals surface area contributed by atoms with Crippen molar-refractivity contribution in [2.24, 2.45) is 5.92 Å². The molecule has 2 amide bonds. The largest absolute Gasteiger partial charge is 0.417 e. The number of carbonyl (C=O) groups is 1. The van der Waals surface area contributed by atoms with Gasteiger partial charge in [-0.15, -0.1) is 0 Å². The number of aromatic nitrogens is 1. The Bertz CT molecular complexity index is 507. The second kappa shape index (κ2) is 10.8. The number of alkyl halides is 3.